The van der Waals surface area contributed by atoms with Crippen molar-refractivity contribution in [3.8, 4) is 0 Å². The average molecular weight is 315 g/mol. The van der Waals surface area contributed by atoms with Crippen molar-refractivity contribution in [2.24, 2.45) is 5.41 Å². The number of hydrogen-bond acceptors (Lipinski definition) is 2. The SMILES string of the molecule is FC(F)(F)c1ccc(CCCN2CCC3(CSC3)C2)cc1. The molecule has 0 aromatic heterocycles. The number of alkyl halides is 3. The Bertz CT molecular complexity index is 479. The minimum Gasteiger partial charge on any atom is -0.303 e. The lowest BCUT2D eigenvalue weighted by Crippen LogP contribution is -2.38. The van der Waals surface area contributed by atoms with Crippen LogP contribution >= 0.6 is 11.8 Å². The Balaban J connectivity index is 1.43. The van der Waals surface area contributed by atoms with Gasteiger partial charge >= 0.3 is 6.18 Å². The molecular formula is C16H20F3NS. The lowest BCUT2D eigenvalue weighted by Gasteiger charge is -2.37. The van der Waals surface area contributed by atoms with Gasteiger partial charge in [0.1, 0.15) is 0 Å². The first-order valence-corrected chi connectivity index (χ1v) is 8.59. The molecule has 0 radical (unpaired) electrons. The van der Waals surface area contributed by atoms with Crippen molar-refractivity contribution in [2.45, 2.75) is 25.4 Å². The third-order valence-electron chi connectivity index (χ3n) is 4.55. The summed E-state index contributed by atoms with van der Waals surface area (Å²) in [5, 5.41) is 0. The van der Waals surface area contributed by atoms with E-state index in [9.17, 15) is 13.2 Å². The number of rotatable bonds is 4. The van der Waals surface area contributed by atoms with E-state index >= 15 is 0 Å². The molecule has 1 spiro atoms. The highest BCUT2D eigenvalue weighted by molar-refractivity contribution is 8.00. The zero-order chi connectivity index (χ0) is 14.9. The quantitative estimate of drug-likeness (QED) is 0.824. The van der Waals surface area contributed by atoms with Crippen LogP contribution in [0.15, 0.2) is 24.3 Å². The Labute approximate surface area is 127 Å². The van der Waals surface area contributed by atoms with Crippen molar-refractivity contribution in [1.82, 2.24) is 4.90 Å². The van der Waals surface area contributed by atoms with Crippen molar-refractivity contribution >= 4 is 11.8 Å². The Morgan fingerprint density at radius 1 is 1.14 bits per heavy atom. The van der Waals surface area contributed by atoms with Gasteiger partial charge in [0.25, 0.3) is 0 Å². The predicted molar refractivity (Wildman–Crippen MR) is 80.6 cm³/mol. The van der Waals surface area contributed by atoms with Crippen LogP contribution in [0.25, 0.3) is 0 Å². The van der Waals surface area contributed by atoms with Gasteiger partial charge in [-0.1, -0.05) is 12.1 Å². The van der Waals surface area contributed by atoms with E-state index in [1.54, 1.807) is 12.1 Å². The number of hydrogen-bond donors (Lipinski definition) is 0. The molecule has 0 N–H and O–H groups in total. The summed E-state index contributed by atoms with van der Waals surface area (Å²) < 4.78 is 37.4. The summed E-state index contributed by atoms with van der Waals surface area (Å²) in [6.07, 6.45) is -1.03. The molecule has 1 aromatic rings. The van der Waals surface area contributed by atoms with Crippen LogP contribution < -0.4 is 0 Å². The van der Waals surface area contributed by atoms with Crippen molar-refractivity contribution < 1.29 is 13.2 Å². The van der Waals surface area contributed by atoms with Crippen molar-refractivity contribution in [2.75, 3.05) is 31.1 Å². The predicted octanol–water partition coefficient (Wildman–Crippen LogP) is 4.08. The molecule has 1 aromatic carbocycles. The van der Waals surface area contributed by atoms with E-state index in [-0.39, 0.29) is 0 Å². The molecule has 0 amide bonds. The maximum Gasteiger partial charge on any atom is 0.416 e. The van der Waals surface area contributed by atoms with Crippen LogP contribution in [-0.4, -0.2) is 36.0 Å². The molecular weight excluding hydrogens is 295 g/mol. The number of likely N-dealkylation sites (tertiary alicyclic amines) is 1. The molecule has 2 aliphatic heterocycles. The second kappa shape index (κ2) is 5.84. The first-order chi connectivity index (χ1) is 9.97. The molecule has 116 valence electrons. The van der Waals surface area contributed by atoms with E-state index in [0.29, 0.717) is 5.41 Å². The first-order valence-electron chi connectivity index (χ1n) is 7.43. The fourth-order valence-corrected chi connectivity index (χ4v) is 4.46. The van der Waals surface area contributed by atoms with Gasteiger partial charge in [-0.3, -0.25) is 0 Å². The van der Waals surface area contributed by atoms with E-state index in [1.807, 2.05) is 11.8 Å². The summed E-state index contributed by atoms with van der Waals surface area (Å²) in [6.45, 7) is 3.47. The molecule has 21 heavy (non-hydrogen) atoms. The van der Waals surface area contributed by atoms with Crippen LogP contribution in [-0.2, 0) is 12.6 Å². The number of benzene rings is 1. The van der Waals surface area contributed by atoms with E-state index in [2.05, 4.69) is 4.90 Å². The molecule has 0 unspecified atom stereocenters. The minimum absolute atomic E-state index is 0.560. The lowest BCUT2D eigenvalue weighted by molar-refractivity contribution is -0.137. The molecule has 2 saturated heterocycles. The molecule has 0 aliphatic carbocycles. The van der Waals surface area contributed by atoms with E-state index in [0.717, 1.165) is 24.9 Å². The molecule has 5 heteroatoms. The van der Waals surface area contributed by atoms with E-state index in [1.165, 1.54) is 43.1 Å². The van der Waals surface area contributed by atoms with Crippen molar-refractivity contribution in [3.05, 3.63) is 35.4 Å². The fourth-order valence-electron chi connectivity index (χ4n) is 3.21. The molecule has 3 rings (SSSR count). The molecule has 2 aliphatic rings. The van der Waals surface area contributed by atoms with Crippen LogP contribution in [0, 0.1) is 5.41 Å². The van der Waals surface area contributed by atoms with Crippen LogP contribution in [0.2, 0.25) is 0 Å². The largest absolute Gasteiger partial charge is 0.416 e. The Kier molecular flexibility index (Phi) is 4.23. The van der Waals surface area contributed by atoms with Crippen LogP contribution in [0.3, 0.4) is 0 Å². The van der Waals surface area contributed by atoms with Crippen LogP contribution in [0.4, 0.5) is 13.2 Å². The summed E-state index contributed by atoms with van der Waals surface area (Å²) >= 11 is 2.04. The molecule has 1 nitrogen and oxygen atoms in total. The third kappa shape index (κ3) is 3.57. The van der Waals surface area contributed by atoms with Gasteiger partial charge in [0.15, 0.2) is 0 Å². The van der Waals surface area contributed by atoms with Gasteiger partial charge in [-0.25, -0.2) is 0 Å². The number of halogens is 3. The lowest BCUT2D eigenvalue weighted by atomic mass is 9.91. The molecule has 0 atom stereocenters. The summed E-state index contributed by atoms with van der Waals surface area (Å²) in [7, 11) is 0. The van der Waals surface area contributed by atoms with Gasteiger partial charge in [-0.15, -0.1) is 0 Å². The Morgan fingerprint density at radius 3 is 2.38 bits per heavy atom. The van der Waals surface area contributed by atoms with Gasteiger partial charge in [0.2, 0.25) is 0 Å². The zero-order valence-electron chi connectivity index (χ0n) is 12.0. The third-order valence-corrected chi connectivity index (χ3v) is 6.19. The summed E-state index contributed by atoms with van der Waals surface area (Å²) in [4.78, 5) is 2.52. The smallest absolute Gasteiger partial charge is 0.303 e. The van der Waals surface area contributed by atoms with Gasteiger partial charge in [0.05, 0.1) is 5.56 Å². The summed E-state index contributed by atoms with van der Waals surface area (Å²) in [6, 6.07) is 5.59. The van der Waals surface area contributed by atoms with Gasteiger partial charge in [-0.05, 0) is 50.0 Å². The average Bonchev–Trinajstić information content (AvgIpc) is 2.83. The maximum atomic E-state index is 12.5. The Hall–Kier alpha value is -0.680. The number of nitrogens with zero attached hydrogens (tertiary/aromatic N) is 1. The van der Waals surface area contributed by atoms with Crippen molar-refractivity contribution in [1.29, 1.82) is 0 Å². The highest BCUT2D eigenvalue weighted by Gasteiger charge is 2.43. The zero-order valence-corrected chi connectivity index (χ0v) is 12.8. The standard InChI is InChI=1S/C16H20F3NS/c17-16(18,19)14-5-3-13(4-6-14)2-1-8-20-9-7-15(10-20)11-21-12-15/h3-6H,1-2,7-12H2. The maximum absolute atomic E-state index is 12.5. The van der Waals surface area contributed by atoms with Gasteiger partial charge in [-0.2, -0.15) is 24.9 Å². The molecule has 0 saturated carbocycles. The van der Waals surface area contributed by atoms with Gasteiger partial charge in [0, 0.05) is 23.5 Å². The highest BCUT2D eigenvalue weighted by Crippen LogP contribution is 2.45. The summed E-state index contributed by atoms with van der Waals surface area (Å²) in [5.74, 6) is 2.62. The first kappa shape index (κ1) is 15.2. The van der Waals surface area contributed by atoms with E-state index in [4.69, 9.17) is 0 Å². The van der Waals surface area contributed by atoms with Gasteiger partial charge < -0.3 is 4.90 Å². The van der Waals surface area contributed by atoms with Crippen LogP contribution in [0.5, 0.6) is 0 Å². The van der Waals surface area contributed by atoms with Crippen molar-refractivity contribution in [3.63, 3.8) is 0 Å². The second-order valence-corrected chi connectivity index (χ2v) is 7.30. The molecule has 0 bridgehead atoms. The summed E-state index contributed by atoms with van der Waals surface area (Å²) in [5.41, 5.74) is 1.03. The normalized spacial score (nSPS) is 21.7. The molecule has 2 fully saturated rings. The minimum atomic E-state index is -4.23. The number of aryl methyl sites for hydroxylation is 1. The Morgan fingerprint density at radius 2 is 1.86 bits per heavy atom. The fraction of sp³-hybridized carbons (Fsp3) is 0.625. The monoisotopic (exact) mass is 315 g/mol. The highest BCUT2D eigenvalue weighted by atomic mass is 32.2. The number of thioether (sulfide) groups is 1. The topological polar surface area (TPSA) is 3.24 Å². The second-order valence-electron chi connectivity index (χ2n) is 6.32. The van der Waals surface area contributed by atoms with E-state index < -0.39 is 11.7 Å². The molecule has 2 heterocycles. The van der Waals surface area contributed by atoms with Crippen LogP contribution in [0.1, 0.15) is 24.0 Å².